The molecule has 0 aliphatic heterocycles. The van der Waals surface area contributed by atoms with Crippen molar-refractivity contribution in [1.82, 2.24) is 15.0 Å². The summed E-state index contributed by atoms with van der Waals surface area (Å²) in [7, 11) is 1.90. The molecule has 0 saturated heterocycles. The number of hydrazine groups is 1. The third kappa shape index (κ3) is 5.31. The summed E-state index contributed by atoms with van der Waals surface area (Å²) < 4.78 is 11.1. The predicted molar refractivity (Wildman–Crippen MR) is 80.2 cm³/mol. The maximum atomic E-state index is 5.62. The molecule has 0 aromatic carbocycles. The van der Waals surface area contributed by atoms with Crippen molar-refractivity contribution in [2.45, 2.75) is 32.8 Å². The quantitative estimate of drug-likeness (QED) is 0.392. The molecule has 1 saturated carbocycles. The Hall–Kier alpha value is -1.67. The molecule has 1 fully saturated rings. The normalized spacial score (nSPS) is 14.3. The van der Waals surface area contributed by atoms with E-state index in [1.54, 1.807) is 0 Å². The van der Waals surface area contributed by atoms with Gasteiger partial charge in [-0.1, -0.05) is 0 Å². The minimum atomic E-state index is -0.0157. The standard InChI is InChI=1S/C13H24N6O2/c1-9(2)21-13-16-11(18-14)15-12(17-13)19(3)6-7-20-8-10-4-5-10/h9-10H,4-8,14H2,1-3H3,(H,15,16,17,18). The molecule has 21 heavy (non-hydrogen) atoms. The van der Waals surface area contributed by atoms with E-state index in [4.69, 9.17) is 15.3 Å². The molecule has 1 aliphatic rings. The lowest BCUT2D eigenvalue weighted by molar-refractivity contribution is 0.130. The molecule has 1 aromatic rings. The monoisotopic (exact) mass is 296 g/mol. The largest absolute Gasteiger partial charge is 0.461 e. The number of likely N-dealkylation sites (N-methyl/N-ethyl adjacent to an activating group) is 1. The van der Waals surface area contributed by atoms with Crippen molar-refractivity contribution in [1.29, 1.82) is 0 Å². The Morgan fingerprint density at radius 3 is 2.71 bits per heavy atom. The molecule has 0 radical (unpaired) electrons. The number of nitrogens with one attached hydrogen (secondary N) is 1. The molecule has 1 aromatic heterocycles. The predicted octanol–water partition coefficient (Wildman–Crippen LogP) is 0.807. The summed E-state index contributed by atoms with van der Waals surface area (Å²) in [6.07, 6.45) is 2.58. The maximum absolute atomic E-state index is 5.62. The average Bonchev–Trinajstić information content (AvgIpc) is 3.26. The lowest BCUT2D eigenvalue weighted by Crippen LogP contribution is -2.26. The first kappa shape index (κ1) is 15.7. The van der Waals surface area contributed by atoms with Gasteiger partial charge < -0.3 is 14.4 Å². The highest BCUT2D eigenvalue weighted by atomic mass is 16.5. The zero-order valence-electron chi connectivity index (χ0n) is 12.9. The Morgan fingerprint density at radius 2 is 2.10 bits per heavy atom. The van der Waals surface area contributed by atoms with Gasteiger partial charge in [0.15, 0.2) is 0 Å². The van der Waals surface area contributed by atoms with Crippen LogP contribution in [0.3, 0.4) is 0 Å². The second-order valence-electron chi connectivity index (χ2n) is 5.49. The van der Waals surface area contributed by atoms with Crippen LogP contribution < -0.4 is 20.9 Å². The van der Waals surface area contributed by atoms with Gasteiger partial charge in [0.2, 0.25) is 11.9 Å². The van der Waals surface area contributed by atoms with Gasteiger partial charge in [-0.2, -0.15) is 15.0 Å². The minimum absolute atomic E-state index is 0.0157. The van der Waals surface area contributed by atoms with Crippen LogP contribution in [0.2, 0.25) is 0 Å². The topological polar surface area (TPSA) is 98.4 Å². The van der Waals surface area contributed by atoms with E-state index >= 15 is 0 Å². The lowest BCUT2D eigenvalue weighted by atomic mass is 10.5. The van der Waals surface area contributed by atoms with E-state index in [-0.39, 0.29) is 18.1 Å². The van der Waals surface area contributed by atoms with Gasteiger partial charge in [-0.05, 0) is 32.6 Å². The van der Waals surface area contributed by atoms with Crippen LogP contribution in [0.5, 0.6) is 6.01 Å². The number of ether oxygens (including phenoxy) is 2. The van der Waals surface area contributed by atoms with Crippen molar-refractivity contribution >= 4 is 11.9 Å². The number of rotatable bonds is 9. The molecule has 0 bridgehead atoms. The van der Waals surface area contributed by atoms with E-state index in [1.165, 1.54) is 12.8 Å². The first-order valence-corrected chi connectivity index (χ1v) is 7.26. The van der Waals surface area contributed by atoms with E-state index in [1.807, 2.05) is 25.8 Å². The van der Waals surface area contributed by atoms with Crippen molar-refractivity contribution in [3.05, 3.63) is 0 Å². The van der Waals surface area contributed by atoms with E-state index < -0.39 is 0 Å². The number of hydrogen-bond acceptors (Lipinski definition) is 8. The highest BCUT2D eigenvalue weighted by molar-refractivity contribution is 5.36. The summed E-state index contributed by atoms with van der Waals surface area (Å²) in [5.41, 5.74) is 2.43. The Bertz CT molecular complexity index is 452. The Morgan fingerprint density at radius 1 is 1.33 bits per heavy atom. The van der Waals surface area contributed by atoms with E-state index in [0.717, 1.165) is 12.5 Å². The second-order valence-corrected chi connectivity index (χ2v) is 5.49. The van der Waals surface area contributed by atoms with Crippen LogP contribution in [0.4, 0.5) is 11.9 Å². The SMILES string of the molecule is CC(C)Oc1nc(NN)nc(N(C)CCOCC2CC2)n1. The smallest absolute Gasteiger partial charge is 0.323 e. The van der Waals surface area contributed by atoms with Crippen molar-refractivity contribution in [3.8, 4) is 6.01 Å². The van der Waals surface area contributed by atoms with Gasteiger partial charge in [-0.15, -0.1) is 0 Å². The third-order valence-electron chi connectivity index (χ3n) is 3.04. The number of nitrogens with two attached hydrogens (primary N) is 1. The molecule has 2 rings (SSSR count). The molecule has 118 valence electrons. The molecule has 0 spiro atoms. The van der Waals surface area contributed by atoms with E-state index in [0.29, 0.717) is 19.1 Å². The molecule has 1 aliphatic carbocycles. The first-order chi connectivity index (χ1) is 10.1. The summed E-state index contributed by atoms with van der Waals surface area (Å²) >= 11 is 0. The fraction of sp³-hybridized carbons (Fsp3) is 0.769. The van der Waals surface area contributed by atoms with Crippen LogP contribution in [0, 0.1) is 5.92 Å². The summed E-state index contributed by atoms with van der Waals surface area (Å²) in [6, 6.07) is 0.258. The van der Waals surface area contributed by atoms with Crippen LogP contribution in [-0.2, 0) is 4.74 Å². The molecule has 0 amide bonds. The van der Waals surface area contributed by atoms with Crippen LogP contribution in [-0.4, -0.2) is 47.9 Å². The molecule has 0 atom stereocenters. The zero-order chi connectivity index (χ0) is 15.2. The number of nitrogen functional groups attached to an aromatic ring is 1. The maximum Gasteiger partial charge on any atom is 0.323 e. The highest BCUT2D eigenvalue weighted by Crippen LogP contribution is 2.28. The number of hydrogen-bond donors (Lipinski definition) is 2. The molecule has 8 nitrogen and oxygen atoms in total. The molecular weight excluding hydrogens is 272 g/mol. The van der Waals surface area contributed by atoms with Crippen LogP contribution >= 0.6 is 0 Å². The van der Waals surface area contributed by atoms with Gasteiger partial charge in [0, 0.05) is 20.2 Å². The van der Waals surface area contributed by atoms with Crippen LogP contribution in [0.15, 0.2) is 0 Å². The van der Waals surface area contributed by atoms with Gasteiger partial charge in [0.05, 0.1) is 12.7 Å². The Labute approximate surface area is 125 Å². The summed E-state index contributed by atoms with van der Waals surface area (Å²) in [5.74, 6) is 6.93. The van der Waals surface area contributed by atoms with Crippen molar-refractivity contribution < 1.29 is 9.47 Å². The third-order valence-corrected chi connectivity index (χ3v) is 3.04. The minimum Gasteiger partial charge on any atom is -0.461 e. The lowest BCUT2D eigenvalue weighted by Gasteiger charge is -2.18. The summed E-state index contributed by atoms with van der Waals surface area (Å²) in [4.78, 5) is 14.5. The second kappa shape index (κ2) is 7.37. The van der Waals surface area contributed by atoms with Gasteiger partial charge >= 0.3 is 6.01 Å². The fourth-order valence-corrected chi connectivity index (χ4v) is 1.68. The summed E-state index contributed by atoms with van der Waals surface area (Å²) in [6.45, 7) is 6.01. The number of aromatic nitrogens is 3. The van der Waals surface area contributed by atoms with E-state index in [9.17, 15) is 0 Å². The zero-order valence-corrected chi connectivity index (χ0v) is 12.9. The van der Waals surface area contributed by atoms with E-state index in [2.05, 4.69) is 20.4 Å². The molecule has 0 unspecified atom stereocenters. The number of anilines is 2. The summed E-state index contributed by atoms with van der Waals surface area (Å²) in [5, 5.41) is 0. The van der Waals surface area contributed by atoms with Gasteiger partial charge in [0.25, 0.3) is 0 Å². The molecule has 8 heteroatoms. The highest BCUT2D eigenvalue weighted by Gasteiger charge is 2.21. The molecule has 1 heterocycles. The molecule has 3 N–H and O–H groups in total. The van der Waals surface area contributed by atoms with Gasteiger partial charge in [0.1, 0.15) is 0 Å². The van der Waals surface area contributed by atoms with Crippen molar-refractivity contribution in [2.24, 2.45) is 11.8 Å². The molecular formula is C13H24N6O2. The van der Waals surface area contributed by atoms with Crippen molar-refractivity contribution in [2.75, 3.05) is 37.1 Å². The van der Waals surface area contributed by atoms with Crippen molar-refractivity contribution in [3.63, 3.8) is 0 Å². The Kier molecular flexibility index (Phi) is 5.51. The van der Waals surface area contributed by atoms with Gasteiger partial charge in [-0.25, -0.2) is 5.84 Å². The van der Waals surface area contributed by atoms with Gasteiger partial charge in [-0.3, -0.25) is 5.43 Å². The van der Waals surface area contributed by atoms with Crippen LogP contribution in [0.1, 0.15) is 26.7 Å². The number of nitrogens with zero attached hydrogens (tertiary/aromatic N) is 4. The fourth-order valence-electron chi connectivity index (χ4n) is 1.68. The average molecular weight is 296 g/mol. The first-order valence-electron chi connectivity index (χ1n) is 7.26. The Balaban J connectivity index is 1.91. The van der Waals surface area contributed by atoms with Crippen LogP contribution in [0.25, 0.3) is 0 Å².